The molecule has 0 fully saturated rings. The second-order valence-electron chi connectivity index (χ2n) is 19.3. The fourth-order valence-electron chi connectivity index (χ4n) is 6.76. The van der Waals surface area contributed by atoms with Crippen molar-refractivity contribution >= 4 is 28.8 Å². The summed E-state index contributed by atoms with van der Waals surface area (Å²) < 4.78 is 31.2. The van der Waals surface area contributed by atoms with Crippen LogP contribution in [0.5, 0.6) is 28.7 Å². The first-order valence-electron chi connectivity index (χ1n) is 22.4. The third-order valence-corrected chi connectivity index (χ3v) is 10.6. The van der Waals surface area contributed by atoms with Gasteiger partial charge in [-0.25, -0.2) is 0 Å². The molecule has 1 heterocycles. The van der Waals surface area contributed by atoms with Crippen LogP contribution in [-0.2, 0) is 20.9 Å². The number of aryl methyl sites for hydroxylation is 1. The zero-order chi connectivity index (χ0) is 44.7. The van der Waals surface area contributed by atoms with Crippen LogP contribution in [0, 0.1) is 16.2 Å². The number of pyridine rings is 1. The molecule has 0 aliphatic rings. The van der Waals surface area contributed by atoms with Gasteiger partial charge in [0.2, 0.25) is 11.2 Å². The van der Waals surface area contributed by atoms with Crippen molar-refractivity contribution in [2.45, 2.75) is 179 Å². The van der Waals surface area contributed by atoms with E-state index in [1.54, 1.807) is 86.6 Å². The highest BCUT2D eigenvalue weighted by Gasteiger charge is 2.32. The molecular formula is C50H75NO9. The van der Waals surface area contributed by atoms with Gasteiger partial charge >= 0.3 is 17.9 Å². The van der Waals surface area contributed by atoms with Crippen molar-refractivity contribution in [2.24, 2.45) is 16.2 Å². The molecule has 0 amide bonds. The van der Waals surface area contributed by atoms with E-state index < -0.39 is 39.6 Å². The Morgan fingerprint density at radius 3 is 1.43 bits per heavy atom. The standard InChI is InChI=1S/C50H75NO9/c1-13-14-15-16-17-18-19-20-21-22-23-24-25-26-27-28-31-51-37-33-36(56-11)34-40(59-46(54)49(5,6)7)41(37)43(52)44(60-47(55)50(8,9)10)42(51)35-29-30-38(39(32-35)57-12)58-45(53)48(2,3)4/h29-30,32-34H,13-28,31H2,1-12H3. The molecule has 0 N–H and O–H groups in total. The van der Waals surface area contributed by atoms with Gasteiger partial charge in [-0.15, -0.1) is 0 Å². The van der Waals surface area contributed by atoms with Gasteiger partial charge in [-0.3, -0.25) is 19.2 Å². The molecule has 0 aliphatic carbocycles. The van der Waals surface area contributed by atoms with Gasteiger partial charge in [0.05, 0.1) is 47.1 Å². The Balaban J connectivity index is 2.05. The van der Waals surface area contributed by atoms with Crippen LogP contribution in [0.25, 0.3) is 22.2 Å². The second-order valence-corrected chi connectivity index (χ2v) is 19.3. The van der Waals surface area contributed by atoms with Crippen molar-refractivity contribution < 1.29 is 38.1 Å². The number of hydrogen-bond acceptors (Lipinski definition) is 9. The third-order valence-electron chi connectivity index (χ3n) is 10.6. The summed E-state index contributed by atoms with van der Waals surface area (Å²) in [6, 6.07) is 8.26. The minimum atomic E-state index is -0.957. The average molecular weight is 834 g/mol. The van der Waals surface area contributed by atoms with E-state index in [1.165, 1.54) is 97.3 Å². The topological polar surface area (TPSA) is 119 Å². The summed E-state index contributed by atoms with van der Waals surface area (Å²) in [6.45, 7) is 18.3. The highest BCUT2D eigenvalue weighted by atomic mass is 16.6. The molecule has 3 aromatic rings. The van der Waals surface area contributed by atoms with E-state index in [-0.39, 0.29) is 28.4 Å². The van der Waals surface area contributed by atoms with Crippen LogP contribution >= 0.6 is 0 Å². The molecule has 10 heteroatoms. The van der Waals surface area contributed by atoms with Gasteiger partial charge in [0.1, 0.15) is 11.5 Å². The molecule has 0 radical (unpaired) electrons. The number of ether oxygens (including phenoxy) is 5. The Labute approximate surface area is 360 Å². The van der Waals surface area contributed by atoms with Crippen molar-refractivity contribution in [1.82, 2.24) is 4.57 Å². The maximum atomic E-state index is 14.9. The molecule has 0 saturated heterocycles. The van der Waals surface area contributed by atoms with E-state index in [1.807, 2.05) is 4.57 Å². The summed E-state index contributed by atoms with van der Waals surface area (Å²) in [6.07, 6.45) is 19.7. The van der Waals surface area contributed by atoms with Crippen molar-refractivity contribution in [3.05, 3.63) is 40.6 Å². The van der Waals surface area contributed by atoms with Gasteiger partial charge in [-0.2, -0.15) is 0 Å². The van der Waals surface area contributed by atoms with Crippen LogP contribution in [0.2, 0.25) is 0 Å². The molecular weight excluding hydrogens is 759 g/mol. The molecule has 0 saturated carbocycles. The van der Waals surface area contributed by atoms with Gasteiger partial charge in [0.25, 0.3) is 0 Å². The first-order chi connectivity index (χ1) is 28.2. The van der Waals surface area contributed by atoms with E-state index in [4.69, 9.17) is 23.7 Å². The number of unbranched alkanes of at least 4 members (excludes halogenated alkanes) is 15. The lowest BCUT2D eigenvalue weighted by Gasteiger charge is -2.25. The van der Waals surface area contributed by atoms with Crippen molar-refractivity contribution in [2.75, 3.05) is 14.2 Å². The minimum Gasteiger partial charge on any atom is -0.497 e. The van der Waals surface area contributed by atoms with Gasteiger partial charge in [0.15, 0.2) is 11.5 Å². The van der Waals surface area contributed by atoms with E-state index in [9.17, 15) is 19.2 Å². The normalized spacial score (nSPS) is 12.1. The summed E-state index contributed by atoms with van der Waals surface area (Å²) in [4.78, 5) is 54.8. The smallest absolute Gasteiger partial charge is 0.316 e. The first-order valence-corrected chi connectivity index (χ1v) is 22.4. The molecule has 334 valence electrons. The minimum absolute atomic E-state index is 0.0108. The number of fused-ring (bicyclic) bond motifs is 1. The zero-order valence-electron chi connectivity index (χ0n) is 39.0. The lowest BCUT2D eigenvalue weighted by atomic mass is 9.97. The van der Waals surface area contributed by atoms with E-state index >= 15 is 0 Å². The Morgan fingerprint density at radius 2 is 0.983 bits per heavy atom. The number of hydrogen-bond donors (Lipinski definition) is 0. The number of benzene rings is 2. The van der Waals surface area contributed by atoms with Gasteiger partial charge in [0, 0.05) is 24.2 Å². The third kappa shape index (κ3) is 14.7. The molecule has 2 aromatic carbocycles. The number of rotatable bonds is 23. The largest absolute Gasteiger partial charge is 0.497 e. The summed E-state index contributed by atoms with van der Waals surface area (Å²) in [5.41, 5.74) is -1.95. The summed E-state index contributed by atoms with van der Waals surface area (Å²) in [5.74, 6) is -0.946. The number of nitrogens with zero attached hydrogens (tertiary/aromatic N) is 1. The Kier molecular flexibility index (Phi) is 19.2. The fourth-order valence-corrected chi connectivity index (χ4v) is 6.76. The highest BCUT2D eigenvalue weighted by molar-refractivity contribution is 5.95. The SMILES string of the molecule is CCCCCCCCCCCCCCCCCCn1c(-c2ccc(OC(=O)C(C)(C)C)c(OC)c2)c(OC(=O)C(C)(C)C)c(=O)c2c(OC(=O)C(C)(C)C)cc(OC)cc21. The second kappa shape index (κ2) is 23.0. The fraction of sp³-hybridized carbons (Fsp3) is 0.640. The number of esters is 3. The van der Waals surface area contributed by atoms with Gasteiger partial charge in [-0.05, 0) is 86.9 Å². The molecule has 3 rings (SSSR count). The lowest BCUT2D eigenvalue weighted by molar-refractivity contribution is -0.143. The summed E-state index contributed by atoms with van der Waals surface area (Å²) in [7, 11) is 2.98. The Morgan fingerprint density at radius 1 is 0.533 bits per heavy atom. The van der Waals surface area contributed by atoms with E-state index in [0.717, 1.165) is 25.7 Å². The number of carbonyl (C=O) groups is 3. The van der Waals surface area contributed by atoms with Crippen LogP contribution in [0.3, 0.4) is 0 Å². The molecule has 0 spiro atoms. The van der Waals surface area contributed by atoms with E-state index in [0.29, 0.717) is 29.1 Å². The van der Waals surface area contributed by atoms with Crippen LogP contribution < -0.4 is 29.1 Å². The number of carbonyl (C=O) groups excluding carboxylic acids is 3. The quantitative estimate of drug-likeness (QED) is 0.0522. The predicted molar refractivity (Wildman–Crippen MR) is 242 cm³/mol. The Hall–Kier alpha value is -4.34. The van der Waals surface area contributed by atoms with Crippen molar-refractivity contribution in [3.8, 4) is 40.0 Å². The van der Waals surface area contributed by atoms with Crippen LogP contribution in [0.1, 0.15) is 172 Å². The van der Waals surface area contributed by atoms with Crippen LogP contribution in [-0.4, -0.2) is 36.7 Å². The van der Waals surface area contributed by atoms with Crippen LogP contribution in [0.15, 0.2) is 35.1 Å². The molecule has 1 aromatic heterocycles. The monoisotopic (exact) mass is 834 g/mol. The molecule has 0 unspecified atom stereocenters. The predicted octanol–water partition coefficient (Wildman–Crippen LogP) is 12.8. The summed E-state index contributed by atoms with van der Waals surface area (Å²) >= 11 is 0. The average Bonchev–Trinajstić information content (AvgIpc) is 3.17. The summed E-state index contributed by atoms with van der Waals surface area (Å²) in [5, 5.41) is 0.0908. The maximum absolute atomic E-state index is 14.9. The maximum Gasteiger partial charge on any atom is 0.316 e. The van der Waals surface area contributed by atoms with Gasteiger partial charge in [-0.1, -0.05) is 103 Å². The Bertz CT molecular complexity index is 1940. The van der Waals surface area contributed by atoms with Crippen molar-refractivity contribution in [1.29, 1.82) is 0 Å². The van der Waals surface area contributed by atoms with Gasteiger partial charge < -0.3 is 28.3 Å². The lowest BCUT2D eigenvalue weighted by Crippen LogP contribution is -2.30. The van der Waals surface area contributed by atoms with E-state index in [2.05, 4.69) is 6.92 Å². The highest BCUT2D eigenvalue weighted by Crippen LogP contribution is 2.41. The number of methoxy groups -OCH3 is 2. The molecule has 0 bridgehead atoms. The molecule has 0 atom stereocenters. The first kappa shape index (κ1) is 50.0. The molecule has 60 heavy (non-hydrogen) atoms. The molecule has 10 nitrogen and oxygen atoms in total. The van der Waals surface area contributed by atoms with Crippen molar-refractivity contribution in [3.63, 3.8) is 0 Å². The molecule has 0 aliphatic heterocycles. The zero-order valence-corrected chi connectivity index (χ0v) is 39.0. The van der Waals surface area contributed by atoms with Crippen LogP contribution in [0.4, 0.5) is 0 Å². The number of aromatic nitrogens is 1.